The molecule has 1 atom stereocenters. The van der Waals surface area contributed by atoms with E-state index in [4.69, 9.17) is 0 Å². The van der Waals surface area contributed by atoms with E-state index in [1.807, 2.05) is 0 Å². The molecule has 0 amide bonds. The molecule has 0 aliphatic carbocycles. The maximum absolute atomic E-state index is 4.26. The van der Waals surface area contributed by atoms with Crippen LogP contribution in [0.2, 0.25) is 0 Å². The highest BCUT2D eigenvalue weighted by Crippen LogP contribution is 2.09. The molecule has 0 aromatic carbocycles. The maximum Gasteiger partial charge on any atom is 0.153 e. The molecule has 52 valence electrons. The zero-order chi connectivity index (χ0) is 6.85. The molecule has 0 spiro atoms. The Balaban J connectivity index is 2.47. The normalized spacial score (nSPS) is 26.2. The molecule has 0 aromatic heterocycles. The fourth-order valence-corrected chi connectivity index (χ4v) is 1.07. The molecule has 0 saturated heterocycles. The molecule has 1 aliphatic rings. The average molecular weight is 144 g/mol. The predicted octanol–water partition coefficient (Wildman–Crippen LogP) is 0.900. The molecule has 3 heteroatoms. The van der Waals surface area contributed by atoms with Gasteiger partial charge in [0.15, 0.2) is 5.17 Å². The lowest BCUT2D eigenvalue weighted by Crippen LogP contribution is -2.21. The summed E-state index contributed by atoms with van der Waals surface area (Å²) in [4.78, 5) is 4.26. The van der Waals surface area contributed by atoms with Crippen LogP contribution in [0.1, 0.15) is 13.8 Å². The van der Waals surface area contributed by atoms with Crippen LogP contribution in [0.3, 0.4) is 0 Å². The molecule has 1 aliphatic heterocycles. The Bertz CT molecular complexity index is 131. The molecule has 0 bridgehead atoms. The van der Waals surface area contributed by atoms with E-state index in [-0.39, 0.29) is 0 Å². The summed E-state index contributed by atoms with van der Waals surface area (Å²) in [7, 11) is 0. The van der Waals surface area contributed by atoms with Crippen molar-refractivity contribution in [1.82, 2.24) is 5.32 Å². The number of thiol groups is 1. The van der Waals surface area contributed by atoms with Crippen LogP contribution in [0.4, 0.5) is 0 Å². The summed E-state index contributed by atoms with van der Waals surface area (Å²) < 4.78 is 0. The van der Waals surface area contributed by atoms with E-state index < -0.39 is 0 Å². The maximum atomic E-state index is 4.26. The van der Waals surface area contributed by atoms with Crippen molar-refractivity contribution in [3.05, 3.63) is 0 Å². The molecule has 0 radical (unpaired) electrons. The molecule has 1 N–H and O–H groups in total. The van der Waals surface area contributed by atoms with Gasteiger partial charge < -0.3 is 5.32 Å². The highest BCUT2D eigenvalue weighted by Gasteiger charge is 2.16. The van der Waals surface area contributed by atoms with E-state index in [9.17, 15) is 0 Å². The Hall–Kier alpha value is -0.180. The van der Waals surface area contributed by atoms with Crippen LogP contribution in [0, 0.1) is 5.92 Å². The average Bonchev–Trinajstić information content (AvgIpc) is 2.14. The molecule has 1 rings (SSSR count). The van der Waals surface area contributed by atoms with Crippen LogP contribution >= 0.6 is 12.6 Å². The zero-order valence-corrected chi connectivity index (χ0v) is 6.65. The van der Waals surface area contributed by atoms with Crippen molar-refractivity contribution in [1.29, 1.82) is 0 Å². The van der Waals surface area contributed by atoms with Crippen molar-refractivity contribution >= 4 is 17.8 Å². The van der Waals surface area contributed by atoms with Crippen molar-refractivity contribution in [2.75, 3.05) is 6.54 Å². The van der Waals surface area contributed by atoms with Gasteiger partial charge in [0.25, 0.3) is 0 Å². The Morgan fingerprint density at radius 3 is 2.67 bits per heavy atom. The van der Waals surface area contributed by atoms with Crippen molar-refractivity contribution < 1.29 is 0 Å². The second-order valence-corrected chi connectivity index (χ2v) is 3.07. The first-order chi connectivity index (χ1) is 4.20. The van der Waals surface area contributed by atoms with Crippen LogP contribution in [-0.2, 0) is 0 Å². The quantitative estimate of drug-likeness (QED) is 0.525. The standard InChI is InChI=1S/C6H12N2S/c1-4(2)5-3-7-6(9)8-5/h4-5H,3H2,1-2H3,(H2,7,8,9). The summed E-state index contributed by atoms with van der Waals surface area (Å²) in [5.74, 6) is 0.627. The van der Waals surface area contributed by atoms with Crippen LogP contribution in [-0.4, -0.2) is 17.8 Å². The third-order valence-electron chi connectivity index (χ3n) is 1.53. The van der Waals surface area contributed by atoms with E-state index in [2.05, 4.69) is 36.8 Å². The highest BCUT2D eigenvalue weighted by atomic mass is 32.1. The van der Waals surface area contributed by atoms with Crippen molar-refractivity contribution in [2.45, 2.75) is 19.9 Å². The van der Waals surface area contributed by atoms with E-state index in [1.54, 1.807) is 0 Å². The molecule has 1 unspecified atom stereocenters. The number of hydrogen-bond donors (Lipinski definition) is 2. The molecule has 0 fully saturated rings. The molecule has 2 nitrogen and oxygen atoms in total. The topological polar surface area (TPSA) is 24.4 Å². The van der Waals surface area contributed by atoms with Crippen LogP contribution in [0.5, 0.6) is 0 Å². The summed E-state index contributed by atoms with van der Waals surface area (Å²) in [5.41, 5.74) is 0. The summed E-state index contributed by atoms with van der Waals surface area (Å²) >= 11 is 4.09. The third kappa shape index (κ3) is 1.61. The predicted molar refractivity (Wildman–Crippen MR) is 43.0 cm³/mol. The SMILES string of the molecule is CC(C)C1CNC(S)=N1. The number of aliphatic imine (C=N–C) groups is 1. The summed E-state index contributed by atoms with van der Waals surface area (Å²) in [6, 6.07) is 0.442. The van der Waals surface area contributed by atoms with Gasteiger partial charge >= 0.3 is 0 Å². The Labute approximate surface area is 61.2 Å². The fourth-order valence-electron chi connectivity index (χ4n) is 0.829. The Morgan fingerprint density at radius 2 is 2.44 bits per heavy atom. The molecule has 0 saturated carbocycles. The van der Waals surface area contributed by atoms with Crippen LogP contribution in [0.25, 0.3) is 0 Å². The number of nitrogens with zero attached hydrogens (tertiary/aromatic N) is 1. The van der Waals surface area contributed by atoms with Gasteiger partial charge in [-0.2, -0.15) is 0 Å². The van der Waals surface area contributed by atoms with Gasteiger partial charge in [0, 0.05) is 6.54 Å². The van der Waals surface area contributed by atoms with Gasteiger partial charge in [-0.1, -0.05) is 13.8 Å². The number of hydrogen-bond acceptors (Lipinski definition) is 2. The van der Waals surface area contributed by atoms with Gasteiger partial charge in [0.2, 0.25) is 0 Å². The second kappa shape index (κ2) is 2.60. The molecule has 9 heavy (non-hydrogen) atoms. The Kier molecular flexibility index (Phi) is 2.01. The molecular weight excluding hydrogens is 132 g/mol. The largest absolute Gasteiger partial charge is 0.363 e. The Morgan fingerprint density at radius 1 is 1.78 bits per heavy atom. The minimum atomic E-state index is 0.442. The number of amidine groups is 1. The van der Waals surface area contributed by atoms with Gasteiger partial charge in [0.05, 0.1) is 6.04 Å². The van der Waals surface area contributed by atoms with Gasteiger partial charge in [0.1, 0.15) is 0 Å². The summed E-state index contributed by atoms with van der Waals surface area (Å²) in [5, 5.41) is 3.85. The summed E-state index contributed by atoms with van der Waals surface area (Å²) in [6.45, 7) is 5.29. The fraction of sp³-hybridized carbons (Fsp3) is 0.833. The van der Waals surface area contributed by atoms with Gasteiger partial charge in [-0.05, 0) is 5.92 Å². The minimum Gasteiger partial charge on any atom is -0.363 e. The van der Waals surface area contributed by atoms with Crippen molar-refractivity contribution in [3.8, 4) is 0 Å². The third-order valence-corrected chi connectivity index (χ3v) is 1.80. The molecule has 0 aromatic rings. The minimum absolute atomic E-state index is 0.442. The highest BCUT2D eigenvalue weighted by molar-refractivity contribution is 7.96. The lowest BCUT2D eigenvalue weighted by atomic mass is 10.1. The van der Waals surface area contributed by atoms with Crippen LogP contribution < -0.4 is 5.32 Å². The second-order valence-electron chi connectivity index (χ2n) is 2.64. The van der Waals surface area contributed by atoms with Gasteiger partial charge in [-0.3, -0.25) is 4.99 Å². The monoisotopic (exact) mass is 144 g/mol. The molecule has 1 heterocycles. The molecular formula is C6H12N2S. The van der Waals surface area contributed by atoms with E-state index in [0.717, 1.165) is 11.7 Å². The lowest BCUT2D eigenvalue weighted by Gasteiger charge is -2.07. The van der Waals surface area contributed by atoms with Crippen LogP contribution in [0.15, 0.2) is 4.99 Å². The zero-order valence-electron chi connectivity index (χ0n) is 5.76. The smallest absolute Gasteiger partial charge is 0.153 e. The van der Waals surface area contributed by atoms with E-state index in [0.29, 0.717) is 12.0 Å². The first-order valence-corrected chi connectivity index (χ1v) is 3.65. The summed E-state index contributed by atoms with van der Waals surface area (Å²) in [6.07, 6.45) is 0. The van der Waals surface area contributed by atoms with Crippen molar-refractivity contribution in [3.63, 3.8) is 0 Å². The van der Waals surface area contributed by atoms with E-state index >= 15 is 0 Å². The van der Waals surface area contributed by atoms with Gasteiger partial charge in [-0.15, -0.1) is 12.6 Å². The first kappa shape index (κ1) is 6.93. The van der Waals surface area contributed by atoms with E-state index in [1.165, 1.54) is 0 Å². The first-order valence-electron chi connectivity index (χ1n) is 3.21. The van der Waals surface area contributed by atoms with Gasteiger partial charge in [-0.25, -0.2) is 0 Å². The number of rotatable bonds is 1. The number of nitrogens with one attached hydrogen (secondary N) is 1. The van der Waals surface area contributed by atoms with Crippen molar-refractivity contribution in [2.24, 2.45) is 10.9 Å². The lowest BCUT2D eigenvalue weighted by molar-refractivity contribution is 0.512.